The number of nitrogens with zero attached hydrogens (tertiary/aromatic N) is 1. The molecule has 0 bridgehead atoms. The van der Waals surface area contributed by atoms with Crippen LogP contribution in [0.4, 0.5) is 0 Å². The van der Waals surface area contributed by atoms with Crippen LogP contribution in [0.15, 0.2) is 24.3 Å². The van der Waals surface area contributed by atoms with E-state index in [2.05, 4.69) is 36.1 Å². The Balaban J connectivity index is 1.92. The molecule has 1 aromatic rings. The van der Waals surface area contributed by atoms with Crippen LogP contribution >= 0.6 is 0 Å². The molecule has 0 unspecified atom stereocenters. The minimum atomic E-state index is 0.294. The van der Waals surface area contributed by atoms with Crippen LogP contribution in [0.5, 0.6) is 0 Å². The van der Waals surface area contributed by atoms with E-state index in [0.717, 1.165) is 25.6 Å². The van der Waals surface area contributed by atoms with E-state index in [9.17, 15) is 0 Å². The summed E-state index contributed by atoms with van der Waals surface area (Å²) in [6, 6.07) is 9.59. The van der Waals surface area contributed by atoms with E-state index in [4.69, 9.17) is 11.1 Å². The number of nitrogens with one attached hydrogen (secondary N) is 1. The first kappa shape index (κ1) is 13.1. The maximum Gasteiger partial charge on any atom is 0.0918 e. The van der Waals surface area contributed by atoms with Gasteiger partial charge in [-0.15, -0.1) is 0 Å². The molecule has 2 rings (SSSR count). The minimum absolute atomic E-state index is 0.294. The fraction of sp³-hybridized carbons (Fsp3) is 0.533. The lowest BCUT2D eigenvalue weighted by molar-refractivity contribution is 0.262. The van der Waals surface area contributed by atoms with Crippen molar-refractivity contribution in [2.24, 2.45) is 5.73 Å². The summed E-state index contributed by atoms with van der Waals surface area (Å²) in [5.41, 5.74) is 8.20. The number of hydrogen-bond acceptors (Lipinski definition) is 2. The van der Waals surface area contributed by atoms with Crippen LogP contribution < -0.4 is 5.73 Å². The topological polar surface area (TPSA) is 53.1 Å². The Hall–Kier alpha value is -1.35. The van der Waals surface area contributed by atoms with Crippen molar-refractivity contribution in [2.75, 3.05) is 6.54 Å². The van der Waals surface area contributed by atoms with Gasteiger partial charge in [-0.3, -0.25) is 10.3 Å². The predicted molar refractivity (Wildman–Crippen MR) is 75.8 cm³/mol. The summed E-state index contributed by atoms with van der Waals surface area (Å²) < 4.78 is 0. The first-order valence-corrected chi connectivity index (χ1v) is 6.83. The molecule has 1 aliphatic rings. The van der Waals surface area contributed by atoms with E-state index in [-0.39, 0.29) is 0 Å². The highest BCUT2D eigenvalue weighted by atomic mass is 15.2. The van der Waals surface area contributed by atoms with Crippen molar-refractivity contribution in [3.63, 3.8) is 0 Å². The molecule has 0 spiro atoms. The fourth-order valence-corrected chi connectivity index (χ4v) is 2.21. The highest BCUT2D eigenvalue weighted by Gasteiger charge is 2.28. The molecule has 0 radical (unpaired) electrons. The quantitative estimate of drug-likeness (QED) is 0.573. The van der Waals surface area contributed by atoms with Crippen LogP contribution in [0.1, 0.15) is 37.3 Å². The van der Waals surface area contributed by atoms with Crippen LogP contribution in [0.25, 0.3) is 0 Å². The van der Waals surface area contributed by atoms with E-state index in [1.165, 1.54) is 24.0 Å². The molecule has 98 valence electrons. The SMILES string of the molecule is CCc1ccc(CN(CCC(=N)N)C2CC2)cc1. The summed E-state index contributed by atoms with van der Waals surface area (Å²) in [6.45, 7) is 4.08. The summed E-state index contributed by atoms with van der Waals surface area (Å²) in [5, 5.41) is 7.33. The first-order valence-electron chi connectivity index (χ1n) is 6.83. The van der Waals surface area contributed by atoms with Crippen molar-refractivity contribution < 1.29 is 0 Å². The molecule has 1 aliphatic carbocycles. The molecule has 0 atom stereocenters. The van der Waals surface area contributed by atoms with Crippen LogP contribution in [0, 0.1) is 5.41 Å². The molecule has 18 heavy (non-hydrogen) atoms. The van der Waals surface area contributed by atoms with Crippen molar-refractivity contribution in [1.82, 2.24) is 4.90 Å². The molecule has 3 N–H and O–H groups in total. The number of aryl methyl sites for hydroxylation is 1. The highest BCUT2D eigenvalue weighted by molar-refractivity contribution is 5.76. The molecule has 3 heteroatoms. The van der Waals surface area contributed by atoms with Gasteiger partial charge in [-0.25, -0.2) is 0 Å². The Bertz CT molecular complexity index is 393. The standard InChI is InChI=1S/C15H23N3/c1-2-12-3-5-13(6-4-12)11-18(14-7-8-14)10-9-15(16)17/h3-6,14H,2,7-11H2,1H3,(H3,16,17). The maximum absolute atomic E-state index is 7.33. The molecule has 0 saturated heterocycles. The van der Waals surface area contributed by atoms with Gasteiger partial charge in [0.1, 0.15) is 0 Å². The van der Waals surface area contributed by atoms with E-state index >= 15 is 0 Å². The minimum Gasteiger partial charge on any atom is -0.388 e. The van der Waals surface area contributed by atoms with Gasteiger partial charge < -0.3 is 5.73 Å². The number of nitrogens with two attached hydrogens (primary N) is 1. The largest absolute Gasteiger partial charge is 0.388 e. The van der Waals surface area contributed by atoms with Crippen molar-refractivity contribution in [2.45, 2.75) is 45.2 Å². The lowest BCUT2D eigenvalue weighted by Crippen LogP contribution is -2.29. The summed E-state index contributed by atoms with van der Waals surface area (Å²) in [6.07, 6.45) is 4.37. The Kier molecular flexibility index (Phi) is 4.37. The summed E-state index contributed by atoms with van der Waals surface area (Å²) >= 11 is 0. The van der Waals surface area contributed by atoms with Crippen molar-refractivity contribution in [3.8, 4) is 0 Å². The second kappa shape index (κ2) is 6.01. The van der Waals surface area contributed by atoms with Gasteiger partial charge in [0.05, 0.1) is 5.84 Å². The monoisotopic (exact) mass is 245 g/mol. The van der Waals surface area contributed by atoms with Gasteiger partial charge in [-0.1, -0.05) is 31.2 Å². The smallest absolute Gasteiger partial charge is 0.0918 e. The van der Waals surface area contributed by atoms with Gasteiger partial charge in [0.25, 0.3) is 0 Å². The Morgan fingerprint density at radius 3 is 2.39 bits per heavy atom. The van der Waals surface area contributed by atoms with Crippen molar-refractivity contribution in [3.05, 3.63) is 35.4 Å². The normalized spacial score (nSPS) is 15.0. The third-order valence-electron chi connectivity index (χ3n) is 3.55. The average Bonchev–Trinajstić information content (AvgIpc) is 3.19. The third kappa shape index (κ3) is 3.84. The third-order valence-corrected chi connectivity index (χ3v) is 3.55. The van der Waals surface area contributed by atoms with Crippen LogP contribution in [0.2, 0.25) is 0 Å². The van der Waals surface area contributed by atoms with E-state index in [0.29, 0.717) is 12.3 Å². The fourth-order valence-electron chi connectivity index (χ4n) is 2.21. The molecule has 0 aliphatic heterocycles. The van der Waals surface area contributed by atoms with E-state index in [1.807, 2.05) is 0 Å². The van der Waals surface area contributed by atoms with Crippen LogP contribution in [-0.4, -0.2) is 23.3 Å². The van der Waals surface area contributed by atoms with Gasteiger partial charge in [-0.2, -0.15) is 0 Å². The molecule has 1 fully saturated rings. The second-order valence-corrected chi connectivity index (χ2v) is 5.15. The Morgan fingerprint density at radius 2 is 1.89 bits per heavy atom. The van der Waals surface area contributed by atoms with Crippen LogP contribution in [-0.2, 0) is 13.0 Å². The van der Waals surface area contributed by atoms with Gasteiger partial charge >= 0.3 is 0 Å². The molecule has 1 aromatic carbocycles. The molecule has 0 heterocycles. The zero-order valence-electron chi connectivity index (χ0n) is 11.2. The molecular formula is C15H23N3. The van der Waals surface area contributed by atoms with E-state index < -0.39 is 0 Å². The Morgan fingerprint density at radius 1 is 1.28 bits per heavy atom. The number of amidine groups is 1. The number of benzene rings is 1. The summed E-state index contributed by atoms with van der Waals surface area (Å²) in [7, 11) is 0. The van der Waals surface area contributed by atoms with Gasteiger partial charge in [0.2, 0.25) is 0 Å². The highest BCUT2D eigenvalue weighted by Crippen LogP contribution is 2.28. The summed E-state index contributed by atoms with van der Waals surface area (Å²) in [4.78, 5) is 2.46. The van der Waals surface area contributed by atoms with Gasteiger partial charge in [0, 0.05) is 25.6 Å². The molecule has 0 amide bonds. The number of hydrogen-bond donors (Lipinski definition) is 2. The lowest BCUT2D eigenvalue weighted by Gasteiger charge is -2.21. The number of rotatable bonds is 7. The zero-order chi connectivity index (χ0) is 13.0. The Labute approximate surface area is 109 Å². The molecule has 1 saturated carbocycles. The predicted octanol–water partition coefficient (Wildman–Crippen LogP) is 2.54. The molecular weight excluding hydrogens is 222 g/mol. The average molecular weight is 245 g/mol. The second-order valence-electron chi connectivity index (χ2n) is 5.15. The molecule has 3 nitrogen and oxygen atoms in total. The van der Waals surface area contributed by atoms with Gasteiger partial charge in [-0.05, 0) is 30.4 Å². The van der Waals surface area contributed by atoms with E-state index in [1.54, 1.807) is 0 Å². The van der Waals surface area contributed by atoms with Gasteiger partial charge in [0.15, 0.2) is 0 Å². The summed E-state index contributed by atoms with van der Waals surface area (Å²) in [5.74, 6) is 0.294. The van der Waals surface area contributed by atoms with Crippen molar-refractivity contribution >= 4 is 5.84 Å². The first-order chi connectivity index (χ1) is 8.69. The van der Waals surface area contributed by atoms with Crippen LogP contribution in [0.3, 0.4) is 0 Å². The lowest BCUT2D eigenvalue weighted by atomic mass is 10.1. The maximum atomic E-state index is 7.33. The zero-order valence-corrected chi connectivity index (χ0v) is 11.2. The van der Waals surface area contributed by atoms with Crippen molar-refractivity contribution in [1.29, 1.82) is 5.41 Å². The molecule has 0 aromatic heterocycles.